The van der Waals surface area contributed by atoms with E-state index in [0.717, 1.165) is 28.6 Å². The molecule has 8 heteroatoms. The van der Waals surface area contributed by atoms with Crippen molar-refractivity contribution < 1.29 is 18.7 Å². The van der Waals surface area contributed by atoms with Crippen LogP contribution in [-0.4, -0.2) is 34.9 Å². The quantitative estimate of drug-likeness (QED) is 0.595. The summed E-state index contributed by atoms with van der Waals surface area (Å²) >= 11 is 6.25. The zero-order valence-electron chi connectivity index (χ0n) is 17.7. The van der Waals surface area contributed by atoms with Gasteiger partial charge in [0.05, 0.1) is 24.3 Å². The number of amides is 1. The molecule has 1 saturated carbocycles. The molecule has 1 amide bonds. The van der Waals surface area contributed by atoms with Crippen LogP contribution >= 0.6 is 11.6 Å². The van der Waals surface area contributed by atoms with Crippen molar-refractivity contribution in [2.75, 3.05) is 13.2 Å². The predicted molar refractivity (Wildman–Crippen MR) is 119 cm³/mol. The van der Waals surface area contributed by atoms with Gasteiger partial charge in [-0.05, 0) is 49.9 Å². The van der Waals surface area contributed by atoms with Crippen molar-refractivity contribution in [3.8, 4) is 0 Å². The first kappa shape index (κ1) is 20.8. The van der Waals surface area contributed by atoms with Gasteiger partial charge in [-0.2, -0.15) is 0 Å². The average molecular weight is 455 g/mol. The van der Waals surface area contributed by atoms with E-state index in [0.29, 0.717) is 30.8 Å². The second-order valence-electron chi connectivity index (χ2n) is 8.42. The van der Waals surface area contributed by atoms with Gasteiger partial charge in [-0.1, -0.05) is 18.0 Å². The number of carbonyl (C=O) groups excluding carboxylic acids is 2. The maximum Gasteiger partial charge on any atom is 0.314 e. The maximum absolute atomic E-state index is 13.5. The molecule has 166 valence electrons. The topological polar surface area (TPSA) is 92.6 Å². The van der Waals surface area contributed by atoms with Gasteiger partial charge in [0.1, 0.15) is 0 Å². The van der Waals surface area contributed by atoms with Gasteiger partial charge < -0.3 is 19.0 Å². The second-order valence-corrected chi connectivity index (χ2v) is 8.86. The van der Waals surface area contributed by atoms with E-state index in [4.69, 9.17) is 20.8 Å². The Morgan fingerprint density at radius 3 is 2.78 bits per heavy atom. The molecule has 1 unspecified atom stereocenters. The summed E-state index contributed by atoms with van der Waals surface area (Å²) < 4.78 is 10.8. The van der Waals surface area contributed by atoms with E-state index in [-0.39, 0.29) is 23.8 Å². The van der Waals surface area contributed by atoms with Crippen molar-refractivity contribution in [3.63, 3.8) is 0 Å². The summed E-state index contributed by atoms with van der Waals surface area (Å²) in [6.07, 6.45) is 3.92. The Morgan fingerprint density at radius 1 is 1.28 bits per heavy atom. The van der Waals surface area contributed by atoms with Crippen molar-refractivity contribution >= 4 is 34.4 Å². The van der Waals surface area contributed by atoms with Gasteiger partial charge >= 0.3 is 5.97 Å². The largest absolute Gasteiger partial charge is 0.465 e. The van der Waals surface area contributed by atoms with E-state index >= 15 is 0 Å². The third-order valence-corrected chi connectivity index (χ3v) is 6.95. The average Bonchev–Trinajstić information content (AvgIpc) is 3.11. The van der Waals surface area contributed by atoms with E-state index in [2.05, 4.69) is 4.98 Å². The monoisotopic (exact) mass is 454 g/mol. The Hall–Kier alpha value is -3.06. The number of benzene rings is 1. The number of rotatable bonds is 4. The van der Waals surface area contributed by atoms with Crippen LogP contribution in [0.25, 0.3) is 10.9 Å². The molecule has 0 saturated heterocycles. The molecule has 1 N–H and O–H groups in total. The van der Waals surface area contributed by atoms with Gasteiger partial charge in [0, 0.05) is 40.3 Å². The molecule has 3 heterocycles. The molecule has 0 radical (unpaired) electrons. The molecule has 0 bridgehead atoms. The highest BCUT2D eigenvalue weighted by Gasteiger charge is 2.57. The second kappa shape index (κ2) is 7.81. The zero-order chi connectivity index (χ0) is 22.5. The molecular formula is C24H23ClN2O5. The fraction of sp³-hybridized carbons (Fsp3) is 0.375. The van der Waals surface area contributed by atoms with Gasteiger partial charge in [0.15, 0.2) is 11.2 Å². The minimum absolute atomic E-state index is 0.0385. The van der Waals surface area contributed by atoms with E-state index in [1.165, 1.54) is 18.4 Å². The Labute approximate surface area is 189 Å². The number of ether oxygens (including phenoxy) is 1. The highest BCUT2D eigenvalue weighted by atomic mass is 35.5. The summed E-state index contributed by atoms with van der Waals surface area (Å²) in [5.74, 6) is -0.748. The lowest BCUT2D eigenvalue weighted by Gasteiger charge is -2.50. The molecule has 1 aliphatic heterocycles. The molecule has 7 nitrogen and oxygen atoms in total. The number of hydrogen-bond acceptors (Lipinski definition) is 5. The Morgan fingerprint density at radius 2 is 2.09 bits per heavy atom. The van der Waals surface area contributed by atoms with Crippen molar-refractivity contribution in [2.45, 2.75) is 38.6 Å². The van der Waals surface area contributed by atoms with Crippen LogP contribution in [0.4, 0.5) is 0 Å². The van der Waals surface area contributed by atoms with Gasteiger partial charge in [0.2, 0.25) is 0 Å². The molecule has 3 aromatic rings. The number of esters is 1. The summed E-state index contributed by atoms with van der Waals surface area (Å²) in [6.45, 7) is 2.43. The van der Waals surface area contributed by atoms with Gasteiger partial charge in [0.25, 0.3) is 5.91 Å². The van der Waals surface area contributed by atoms with Gasteiger partial charge in [-0.25, -0.2) is 0 Å². The van der Waals surface area contributed by atoms with Crippen molar-refractivity contribution in [3.05, 3.63) is 68.9 Å². The lowest BCUT2D eigenvalue weighted by Crippen LogP contribution is -2.54. The third kappa shape index (κ3) is 3.14. The fourth-order valence-electron chi connectivity index (χ4n) is 5.12. The molecule has 1 fully saturated rings. The molecule has 2 aromatic heterocycles. The number of halogens is 1. The van der Waals surface area contributed by atoms with E-state index in [1.54, 1.807) is 11.8 Å². The Balaban J connectivity index is 1.68. The lowest BCUT2D eigenvalue weighted by atomic mass is 9.61. The predicted octanol–water partition coefficient (Wildman–Crippen LogP) is 4.25. The Kier molecular flexibility index (Phi) is 5.08. The van der Waals surface area contributed by atoms with Crippen molar-refractivity contribution in [1.82, 2.24) is 9.88 Å². The van der Waals surface area contributed by atoms with Crippen molar-refractivity contribution in [2.24, 2.45) is 5.41 Å². The molecule has 1 atom stereocenters. The lowest BCUT2D eigenvalue weighted by molar-refractivity contribution is -0.168. The van der Waals surface area contributed by atoms with Crippen molar-refractivity contribution in [1.29, 1.82) is 0 Å². The first-order valence-electron chi connectivity index (χ1n) is 10.8. The van der Waals surface area contributed by atoms with Crippen LogP contribution in [0, 0.1) is 5.41 Å². The molecule has 1 aliphatic carbocycles. The summed E-state index contributed by atoms with van der Waals surface area (Å²) in [4.78, 5) is 43.7. The van der Waals surface area contributed by atoms with Crippen LogP contribution < -0.4 is 5.43 Å². The number of H-pyrrole nitrogens is 1. The van der Waals surface area contributed by atoms with Gasteiger partial charge in [-0.3, -0.25) is 14.4 Å². The molecular weight excluding hydrogens is 432 g/mol. The molecule has 0 spiro atoms. The SMILES string of the molecule is CCOC(=O)C1(C2c3[nH]c4ccc(Cl)cc4c3CCN2C(=O)c2cc(=O)cco2)CCC1. The number of aromatic amines is 1. The maximum atomic E-state index is 13.5. The summed E-state index contributed by atoms with van der Waals surface area (Å²) in [5.41, 5.74) is 1.64. The first-order chi connectivity index (χ1) is 15.4. The minimum Gasteiger partial charge on any atom is -0.465 e. The normalized spacial score (nSPS) is 19.3. The highest BCUT2D eigenvalue weighted by molar-refractivity contribution is 6.31. The zero-order valence-corrected chi connectivity index (χ0v) is 18.4. The van der Waals surface area contributed by atoms with E-state index in [9.17, 15) is 14.4 Å². The number of hydrogen-bond donors (Lipinski definition) is 1. The van der Waals surface area contributed by atoms with E-state index in [1.807, 2.05) is 18.2 Å². The van der Waals surface area contributed by atoms with Crippen LogP contribution in [0.1, 0.15) is 54.0 Å². The fourth-order valence-corrected chi connectivity index (χ4v) is 5.29. The standard InChI is InChI=1S/C24H23ClN2O5/c1-2-31-23(30)24(8-3-9-24)21-20-16(17-12-14(25)4-5-18(17)26-20)6-10-27(21)22(29)19-13-15(28)7-11-32-19/h4-5,7,11-13,21,26H,2-3,6,8-10H2,1H3. The van der Waals surface area contributed by atoms with Crippen LogP contribution in [0.2, 0.25) is 5.02 Å². The number of fused-ring (bicyclic) bond motifs is 3. The number of carbonyl (C=O) groups is 2. The number of nitrogens with one attached hydrogen (secondary N) is 1. The highest BCUT2D eigenvalue weighted by Crippen LogP contribution is 2.56. The molecule has 1 aromatic carbocycles. The Bertz CT molecular complexity index is 1270. The number of nitrogens with zero attached hydrogens (tertiary/aromatic N) is 1. The molecule has 32 heavy (non-hydrogen) atoms. The summed E-state index contributed by atoms with van der Waals surface area (Å²) in [6, 6.07) is 7.53. The molecule has 5 rings (SSSR count). The van der Waals surface area contributed by atoms with Gasteiger partial charge in [-0.15, -0.1) is 0 Å². The summed E-state index contributed by atoms with van der Waals surface area (Å²) in [5, 5.41) is 1.62. The first-order valence-corrected chi connectivity index (χ1v) is 11.2. The molecule has 2 aliphatic rings. The van der Waals surface area contributed by atoms with Crippen LogP contribution in [0.3, 0.4) is 0 Å². The van der Waals surface area contributed by atoms with Crippen LogP contribution in [0.5, 0.6) is 0 Å². The van der Waals surface area contributed by atoms with E-state index < -0.39 is 17.4 Å². The van der Waals surface area contributed by atoms with Crippen LogP contribution in [0.15, 0.2) is 45.8 Å². The smallest absolute Gasteiger partial charge is 0.314 e. The van der Waals surface area contributed by atoms with Crippen LogP contribution in [-0.2, 0) is 16.0 Å². The summed E-state index contributed by atoms with van der Waals surface area (Å²) in [7, 11) is 0. The number of aromatic nitrogens is 1. The minimum atomic E-state index is -0.847. The third-order valence-electron chi connectivity index (χ3n) is 6.71.